The zero-order valence-corrected chi connectivity index (χ0v) is 23.6. The van der Waals surface area contributed by atoms with E-state index in [1.165, 1.54) is 4.90 Å². The molecule has 0 aliphatic carbocycles. The first kappa shape index (κ1) is 28.1. The molecule has 0 saturated heterocycles. The SMILES string of the molecule is CCC(C(=O)NC(C)(C)C)N(Cc1cccc(C)c1)C(=O)CN(c1ccc(I)cc1)S(C)(=O)=O. The van der Waals surface area contributed by atoms with Crippen molar-refractivity contribution in [1.82, 2.24) is 10.2 Å². The van der Waals surface area contributed by atoms with E-state index in [0.717, 1.165) is 25.3 Å². The van der Waals surface area contributed by atoms with E-state index in [1.54, 1.807) is 24.3 Å². The summed E-state index contributed by atoms with van der Waals surface area (Å²) in [6.07, 6.45) is 1.47. The van der Waals surface area contributed by atoms with Gasteiger partial charge in [0.2, 0.25) is 21.8 Å². The smallest absolute Gasteiger partial charge is 0.244 e. The molecule has 0 aliphatic rings. The maximum atomic E-state index is 13.6. The number of hydrogen-bond acceptors (Lipinski definition) is 4. The topological polar surface area (TPSA) is 86.8 Å². The second kappa shape index (κ2) is 11.5. The zero-order chi connectivity index (χ0) is 25.7. The van der Waals surface area contributed by atoms with Gasteiger partial charge >= 0.3 is 0 Å². The van der Waals surface area contributed by atoms with Gasteiger partial charge in [0.1, 0.15) is 12.6 Å². The Balaban J connectivity index is 2.45. The Kier molecular flexibility index (Phi) is 9.53. The van der Waals surface area contributed by atoms with Gasteiger partial charge in [-0.15, -0.1) is 0 Å². The van der Waals surface area contributed by atoms with Crippen LogP contribution in [0.3, 0.4) is 0 Å². The van der Waals surface area contributed by atoms with Gasteiger partial charge < -0.3 is 10.2 Å². The van der Waals surface area contributed by atoms with E-state index < -0.39 is 34.1 Å². The first-order valence-corrected chi connectivity index (χ1v) is 14.0. The first-order valence-electron chi connectivity index (χ1n) is 11.1. The summed E-state index contributed by atoms with van der Waals surface area (Å²) < 4.78 is 27.3. The number of benzene rings is 2. The molecule has 1 N–H and O–H groups in total. The Morgan fingerprint density at radius 2 is 1.71 bits per heavy atom. The van der Waals surface area contributed by atoms with E-state index in [9.17, 15) is 18.0 Å². The number of rotatable bonds is 9. The molecule has 34 heavy (non-hydrogen) atoms. The lowest BCUT2D eigenvalue weighted by Gasteiger charge is -2.34. The minimum absolute atomic E-state index is 0.195. The molecule has 2 rings (SSSR count). The molecule has 186 valence electrons. The highest BCUT2D eigenvalue weighted by Crippen LogP contribution is 2.21. The molecular weight excluding hydrogens is 565 g/mol. The number of nitrogens with one attached hydrogen (secondary N) is 1. The van der Waals surface area contributed by atoms with Crippen LogP contribution in [0.1, 0.15) is 45.2 Å². The molecule has 0 radical (unpaired) electrons. The van der Waals surface area contributed by atoms with E-state index in [4.69, 9.17) is 0 Å². The number of amides is 2. The summed E-state index contributed by atoms with van der Waals surface area (Å²) in [6, 6.07) is 13.9. The summed E-state index contributed by atoms with van der Waals surface area (Å²) >= 11 is 2.14. The second-order valence-corrected chi connectivity index (χ2v) is 12.6. The quantitative estimate of drug-likeness (QED) is 0.441. The fourth-order valence-electron chi connectivity index (χ4n) is 3.60. The molecule has 0 aliphatic heterocycles. The van der Waals surface area contributed by atoms with Gasteiger partial charge in [-0.05, 0) is 86.5 Å². The number of aryl methyl sites for hydroxylation is 1. The summed E-state index contributed by atoms with van der Waals surface area (Å²) in [5.41, 5.74) is 1.84. The predicted molar refractivity (Wildman–Crippen MR) is 145 cm³/mol. The van der Waals surface area contributed by atoms with Crippen LogP contribution in [0.4, 0.5) is 5.69 Å². The first-order chi connectivity index (χ1) is 15.7. The van der Waals surface area contributed by atoms with E-state index in [0.29, 0.717) is 12.1 Å². The molecule has 0 aromatic heterocycles. The molecule has 0 saturated carbocycles. The third kappa shape index (κ3) is 8.26. The fourth-order valence-corrected chi connectivity index (χ4v) is 4.81. The zero-order valence-electron chi connectivity index (χ0n) is 20.6. The molecule has 0 spiro atoms. The molecule has 2 aromatic rings. The average molecular weight is 600 g/mol. The summed E-state index contributed by atoms with van der Waals surface area (Å²) in [6.45, 7) is 9.25. The molecule has 0 heterocycles. The van der Waals surface area contributed by atoms with Gasteiger partial charge in [-0.1, -0.05) is 36.8 Å². The van der Waals surface area contributed by atoms with Gasteiger partial charge in [0.25, 0.3) is 0 Å². The number of carbonyl (C=O) groups is 2. The minimum atomic E-state index is -3.74. The van der Waals surface area contributed by atoms with Gasteiger partial charge in [0.15, 0.2) is 0 Å². The van der Waals surface area contributed by atoms with Gasteiger partial charge in [-0.3, -0.25) is 13.9 Å². The minimum Gasteiger partial charge on any atom is -0.350 e. The lowest BCUT2D eigenvalue weighted by molar-refractivity contribution is -0.141. The van der Waals surface area contributed by atoms with E-state index in [2.05, 4.69) is 27.9 Å². The fraction of sp³-hybridized carbons (Fsp3) is 0.440. The van der Waals surface area contributed by atoms with Crippen molar-refractivity contribution in [3.05, 3.63) is 63.2 Å². The van der Waals surface area contributed by atoms with Crippen LogP contribution in [0.2, 0.25) is 0 Å². The number of sulfonamides is 1. The van der Waals surface area contributed by atoms with Crippen LogP contribution in [0.15, 0.2) is 48.5 Å². The van der Waals surface area contributed by atoms with E-state index in [-0.39, 0.29) is 12.5 Å². The van der Waals surface area contributed by atoms with Crippen LogP contribution in [-0.2, 0) is 26.2 Å². The Bertz CT molecular complexity index is 1110. The highest BCUT2D eigenvalue weighted by Gasteiger charge is 2.33. The maximum Gasteiger partial charge on any atom is 0.244 e. The van der Waals surface area contributed by atoms with Crippen molar-refractivity contribution in [2.24, 2.45) is 0 Å². The molecule has 9 heteroatoms. The van der Waals surface area contributed by atoms with Gasteiger partial charge in [0.05, 0.1) is 11.9 Å². The van der Waals surface area contributed by atoms with Crippen molar-refractivity contribution >= 4 is 50.1 Å². The number of nitrogens with zero attached hydrogens (tertiary/aromatic N) is 2. The monoisotopic (exact) mass is 599 g/mol. The van der Waals surface area contributed by atoms with Crippen LogP contribution in [0.25, 0.3) is 0 Å². The lowest BCUT2D eigenvalue weighted by Crippen LogP contribution is -2.55. The molecule has 2 amide bonds. The third-order valence-electron chi connectivity index (χ3n) is 5.11. The third-order valence-corrected chi connectivity index (χ3v) is 6.97. The number of hydrogen-bond donors (Lipinski definition) is 1. The Morgan fingerprint density at radius 3 is 2.21 bits per heavy atom. The Morgan fingerprint density at radius 1 is 1.09 bits per heavy atom. The molecular formula is C25H34IN3O4S. The summed E-state index contributed by atoms with van der Waals surface area (Å²) in [5, 5.41) is 2.96. The number of carbonyl (C=O) groups excluding carboxylic acids is 2. The summed E-state index contributed by atoms with van der Waals surface area (Å²) in [7, 11) is -3.74. The lowest BCUT2D eigenvalue weighted by atomic mass is 10.0. The van der Waals surface area contributed by atoms with E-state index >= 15 is 0 Å². The Labute approximate surface area is 217 Å². The molecule has 0 fully saturated rings. The number of anilines is 1. The van der Waals surface area contributed by atoms with Crippen LogP contribution in [-0.4, -0.2) is 49.5 Å². The largest absolute Gasteiger partial charge is 0.350 e. The molecule has 0 bridgehead atoms. The van der Waals surface area contributed by atoms with Gasteiger partial charge in [-0.25, -0.2) is 8.42 Å². The Hall–Kier alpha value is -2.14. The standard InChI is InChI=1S/C25H34IN3O4S/c1-7-22(24(31)27-25(3,4)5)28(16-19-10-8-9-18(2)15-19)23(30)17-29(34(6,32)33)21-13-11-20(26)12-14-21/h8-15,22H,7,16-17H2,1-6H3,(H,27,31). The van der Waals surface area contributed by atoms with Crippen molar-refractivity contribution in [3.8, 4) is 0 Å². The van der Waals surface area contributed by atoms with Crippen LogP contribution in [0.5, 0.6) is 0 Å². The average Bonchev–Trinajstić information content (AvgIpc) is 2.70. The van der Waals surface area contributed by atoms with Crippen LogP contribution < -0.4 is 9.62 Å². The van der Waals surface area contributed by atoms with Crippen molar-refractivity contribution in [2.45, 2.75) is 59.2 Å². The van der Waals surface area contributed by atoms with Crippen LogP contribution in [0, 0.1) is 10.5 Å². The summed E-state index contributed by atoms with van der Waals surface area (Å²) in [4.78, 5) is 28.3. The highest BCUT2D eigenvalue weighted by atomic mass is 127. The van der Waals surface area contributed by atoms with Crippen molar-refractivity contribution in [1.29, 1.82) is 0 Å². The van der Waals surface area contributed by atoms with E-state index in [1.807, 2.05) is 58.9 Å². The second-order valence-electron chi connectivity index (χ2n) is 9.42. The molecule has 1 atom stereocenters. The van der Waals surface area contributed by atoms with Crippen molar-refractivity contribution in [3.63, 3.8) is 0 Å². The number of halogens is 1. The molecule has 7 nitrogen and oxygen atoms in total. The van der Waals surface area contributed by atoms with Crippen molar-refractivity contribution in [2.75, 3.05) is 17.1 Å². The predicted octanol–water partition coefficient (Wildman–Crippen LogP) is 4.09. The van der Waals surface area contributed by atoms with Crippen LogP contribution >= 0.6 is 22.6 Å². The van der Waals surface area contributed by atoms with Gasteiger partial charge in [-0.2, -0.15) is 0 Å². The van der Waals surface area contributed by atoms with Crippen molar-refractivity contribution < 1.29 is 18.0 Å². The normalized spacial score (nSPS) is 12.7. The highest BCUT2D eigenvalue weighted by molar-refractivity contribution is 14.1. The van der Waals surface area contributed by atoms with Gasteiger partial charge in [0, 0.05) is 15.7 Å². The molecule has 1 unspecified atom stereocenters. The summed E-state index contributed by atoms with van der Waals surface area (Å²) in [5.74, 6) is -0.711. The molecule has 2 aromatic carbocycles. The maximum absolute atomic E-state index is 13.6.